The van der Waals surface area contributed by atoms with E-state index in [-0.39, 0.29) is 23.9 Å². The van der Waals surface area contributed by atoms with Crippen LogP contribution in [0.5, 0.6) is 0 Å². The lowest BCUT2D eigenvalue weighted by atomic mass is 9.65. The fourth-order valence-corrected chi connectivity index (χ4v) is 6.22. The molecule has 31 heavy (non-hydrogen) atoms. The molecule has 3 aliphatic rings. The summed E-state index contributed by atoms with van der Waals surface area (Å²) < 4.78 is 0. The molecule has 1 heterocycles. The highest BCUT2D eigenvalue weighted by Crippen LogP contribution is 2.44. The molecule has 2 aliphatic carbocycles. The van der Waals surface area contributed by atoms with E-state index in [0.717, 1.165) is 12.8 Å². The minimum Gasteiger partial charge on any atom is -0.389 e. The van der Waals surface area contributed by atoms with Gasteiger partial charge in [-0.25, -0.2) is 0 Å². The van der Waals surface area contributed by atoms with Crippen molar-refractivity contribution in [3.63, 3.8) is 0 Å². The Morgan fingerprint density at radius 2 is 2.03 bits per heavy atom. The van der Waals surface area contributed by atoms with Crippen molar-refractivity contribution in [2.75, 3.05) is 20.1 Å². The number of rotatable bonds is 8. The molecular weight excluding hydrogens is 390 g/mol. The second-order valence-electron chi connectivity index (χ2n) is 10.0. The number of carbonyl (C=O) groups excluding carboxylic acids is 1. The van der Waals surface area contributed by atoms with Gasteiger partial charge in [-0.1, -0.05) is 45.6 Å². The van der Waals surface area contributed by atoms with E-state index in [9.17, 15) is 9.90 Å². The Labute approximate surface area is 187 Å². The van der Waals surface area contributed by atoms with Gasteiger partial charge in [0.2, 0.25) is 5.91 Å². The third-order valence-corrected chi connectivity index (χ3v) is 8.33. The maximum Gasteiger partial charge on any atom is 0.223 e. The Kier molecular flexibility index (Phi) is 8.03. The number of amides is 1. The molecule has 7 nitrogen and oxygen atoms in total. The van der Waals surface area contributed by atoms with Crippen molar-refractivity contribution in [1.29, 1.82) is 0 Å². The lowest BCUT2D eigenvalue weighted by Crippen LogP contribution is -2.59. The summed E-state index contributed by atoms with van der Waals surface area (Å²) in [4.78, 5) is 20.2. The molecule has 7 atom stereocenters. The first-order valence-electron chi connectivity index (χ1n) is 12.2. The molecule has 2 saturated carbocycles. The quantitative estimate of drug-likeness (QED) is 0.346. The second kappa shape index (κ2) is 10.3. The van der Waals surface area contributed by atoms with Crippen molar-refractivity contribution < 1.29 is 9.90 Å². The van der Waals surface area contributed by atoms with Crippen LogP contribution in [0.1, 0.15) is 65.2 Å². The molecule has 0 bridgehead atoms. The average molecular weight is 434 g/mol. The van der Waals surface area contributed by atoms with Gasteiger partial charge in [0.15, 0.2) is 0 Å². The zero-order valence-electron chi connectivity index (χ0n) is 19.6. The monoisotopic (exact) mass is 433 g/mol. The van der Waals surface area contributed by atoms with E-state index >= 15 is 0 Å². The first kappa shape index (κ1) is 24.1. The van der Waals surface area contributed by atoms with E-state index < -0.39 is 11.6 Å². The third-order valence-electron chi connectivity index (χ3n) is 8.33. The molecule has 5 N–H and O–H groups in total. The Morgan fingerprint density at radius 3 is 2.74 bits per heavy atom. The van der Waals surface area contributed by atoms with Crippen molar-refractivity contribution in [3.05, 3.63) is 12.8 Å². The van der Waals surface area contributed by atoms with Crippen LogP contribution < -0.4 is 16.4 Å². The highest BCUT2D eigenvalue weighted by molar-refractivity contribution is 5.80. The Hall–Kier alpha value is -1.60. The maximum atomic E-state index is 13.3. The number of likely N-dealkylation sites (tertiary alicyclic amines) is 1. The maximum absolute atomic E-state index is 13.3. The van der Waals surface area contributed by atoms with Crippen LogP contribution in [0.15, 0.2) is 17.8 Å². The fraction of sp³-hybridized carbons (Fsp3) is 0.833. The number of likely N-dealkylation sites (N-methyl/N-ethyl adjacent to an activating group) is 1. The van der Waals surface area contributed by atoms with Crippen LogP contribution in [0.25, 0.3) is 0 Å². The van der Waals surface area contributed by atoms with Gasteiger partial charge < -0.3 is 21.5 Å². The number of nitrogens with two attached hydrogens (primary N) is 1. The number of nitrogens with zero attached hydrogens (tertiary/aromatic N) is 2. The van der Waals surface area contributed by atoms with Crippen LogP contribution in [0.2, 0.25) is 0 Å². The SMILES string of the molecule is C=CNCC(N=C(N)CC)C1(C)[C@H](O)C(NC(=O)C2CCCC3CCCCC32)CN1C. The van der Waals surface area contributed by atoms with E-state index in [4.69, 9.17) is 10.7 Å². The van der Waals surface area contributed by atoms with Gasteiger partial charge in [0.05, 0.1) is 29.6 Å². The summed E-state index contributed by atoms with van der Waals surface area (Å²) in [5, 5.41) is 17.8. The predicted octanol–water partition coefficient (Wildman–Crippen LogP) is 2.01. The van der Waals surface area contributed by atoms with Crippen LogP contribution in [0, 0.1) is 17.8 Å². The summed E-state index contributed by atoms with van der Waals surface area (Å²) in [5.41, 5.74) is 5.42. The van der Waals surface area contributed by atoms with Crippen LogP contribution in [-0.2, 0) is 4.79 Å². The van der Waals surface area contributed by atoms with Crippen molar-refractivity contribution in [2.45, 2.75) is 88.9 Å². The number of aliphatic hydroxyl groups excluding tert-OH is 1. The van der Waals surface area contributed by atoms with E-state index in [1.807, 2.05) is 20.9 Å². The third kappa shape index (κ3) is 4.92. The van der Waals surface area contributed by atoms with Gasteiger partial charge in [0.1, 0.15) is 0 Å². The van der Waals surface area contributed by atoms with Gasteiger partial charge in [-0.2, -0.15) is 0 Å². The zero-order valence-corrected chi connectivity index (χ0v) is 19.6. The lowest BCUT2D eigenvalue weighted by molar-refractivity contribution is -0.131. The van der Waals surface area contributed by atoms with Crippen LogP contribution in [-0.4, -0.2) is 65.6 Å². The zero-order chi connectivity index (χ0) is 22.6. The first-order valence-corrected chi connectivity index (χ1v) is 12.2. The molecule has 0 spiro atoms. The molecule has 0 aromatic heterocycles. The summed E-state index contributed by atoms with van der Waals surface area (Å²) >= 11 is 0. The summed E-state index contributed by atoms with van der Waals surface area (Å²) in [6, 6.07) is -0.569. The highest BCUT2D eigenvalue weighted by atomic mass is 16.3. The van der Waals surface area contributed by atoms with Gasteiger partial charge in [0, 0.05) is 25.4 Å². The van der Waals surface area contributed by atoms with Gasteiger partial charge >= 0.3 is 0 Å². The Morgan fingerprint density at radius 1 is 1.32 bits per heavy atom. The van der Waals surface area contributed by atoms with Gasteiger partial charge in [-0.05, 0) is 44.8 Å². The molecule has 0 radical (unpaired) electrons. The molecule has 3 fully saturated rings. The first-order chi connectivity index (χ1) is 14.8. The highest BCUT2D eigenvalue weighted by Gasteiger charge is 2.54. The van der Waals surface area contributed by atoms with Crippen LogP contribution in [0.3, 0.4) is 0 Å². The summed E-state index contributed by atoms with van der Waals surface area (Å²) in [6.07, 6.45) is 9.95. The molecular formula is C24H43N5O2. The number of carbonyl (C=O) groups is 1. The van der Waals surface area contributed by atoms with Crippen molar-refractivity contribution >= 4 is 11.7 Å². The Bertz CT molecular complexity index is 666. The molecule has 1 saturated heterocycles. The largest absolute Gasteiger partial charge is 0.389 e. The smallest absolute Gasteiger partial charge is 0.223 e. The van der Waals surface area contributed by atoms with Crippen molar-refractivity contribution in [1.82, 2.24) is 15.5 Å². The standard InChI is InChI=1S/C24H43N5O2/c1-5-21(25)28-20(14-26-6-2)24(3)22(30)19(15-29(24)4)27-23(31)18-13-9-11-16-10-7-8-12-17(16)18/h6,16-20,22,26,30H,2,5,7-15H2,1,3-4H3,(H2,25,28)(H,27,31)/t16?,17?,18?,19?,20?,22-,24?/m1/s1. The number of aliphatic imine (C=N–C) groups is 1. The van der Waals surface area contributed by atoms with Gasteiger partial charge in [0.25, 0.3) is 0 Å². The number of amidine groups is 1. The second-order valence-corrected chi connectivity index (χ2v) is 10.0. The summed E-state index contributed by atoms with van der Waals surface area (Å²) in [7, 11) is 1.99. The summed E-state index contributed by atoms with van der Waals surface area (Å²) in [6.45, 7) is 8.84. The van der Waals surface area contributed by atoms with Gasteiger partial charge in [-0.3, -0.25) is 14.7 Å². The average Bonchev–Trinajstić information content (AvgIpc) is 2.99. The van der Waals surface area contributed by atoms with E-state index in [1.165, 1.54) is 32.1 Å². The molecule has 1 aliphatic heterocycles. The van der Waals surface area contributed by atoms with E-state index in [0.29, 0.717) is 37.2 Å². The fourth-order valence-electron chi connectivity index (χ4n) is 6.22. The van der Waals surface area contributed by atoms with E-state index in [2.05, 4.69) is 22.1 Å². The number of fused-ring (bicyclic) bond motifs is 1. The van der Waals surface area contributed by atoms with Crippen molar-refractivity contribution in [3.8, 4) is 0 Å². The van der Waals surface area contributed by atoms with Crippen molar-refractivity contribution in [2.24, 2.45) is 28.5 Å². The predicted molar refractivity (Wildman–Crippen MR) is 126 cm³/mol. The minimum atomic E-state index is -0.739. The lowest BCUT2D eigenvalue weighted by Gasteiger charge is -2.41. The van der Waals surface area contributed by atoms with Crippen LogP contribution in [0.4, 0.5) is 0 Å². The number of aliphatic hydroxyl groups is 1. The summed E-state index contributed by atoms with van der Waals surface area (Å²) in [5.74, 6) is 2.02. The number of nitrogens with one attached hydrogen (secondary N) is 2. The molecule has 3 rings (SSSR count). The van der Waals surface area contributed by atoms with Gasteiger partial charge in [-0.15, -0.1) is 0 Å². The molecule has 6 unspecified atom stereocenters. The molecule has 176 valence electrons. The molecule has 0 aromatic carbocycles. The molecule has 1 amide bonds. The Balaban J connectivity index is 1.73. The number of hydrogen-bond donors (Lipinski definition) is 4. The molecule has 0 aromatic rings. The van der Waals surface area contributed by atoms with Crippen LogP contribution >= 0.6 is 0 Å². The number of hydrogen-bond acceptors (Lipinski definition) is 5. The molecule has 7 heteroatoms. The topological polar surface area (TPSA) is 103 Å². The normalized spacial score (nSPS) is 37.7. The van der Waals surface area contributed by atoms with E-state index in [1.54, 1.807) is 6.20 Å². The minimum absolute atomic E-state index is 0.0930.